The van der Waals surface area contributed by atoms with Gasteiger partial charge in [-0.2, -0.15) is 0 Å². The van der Waals surface area contributed by atoms with Crippen LogP contribution in [-0.2, 0) is 28.6 Å². The second-order valence-corrected chi connectivity index (χ2v) is 23.1. The third kappa shape index (κ3) is 65.4. The van der Waals surface area contributed by atoms with Crippen LogP contribution in [0.5, 0.6) is 0 Å². The third-order valence-electron chi connectivity index (χ3n) is 15.1. The van der Waals surface area contributed by atoms with Crippen molar-refractivity contribution in [2.24, 2.45) is 0 Å². The van der Waals surface area contributed by atoms with Gasteiger partial charge in [0.05, 0.1) is 0 Å². The molecule has 1 unspecified atom stereocenters. The summed E-state index contributed by atoms with van der Waals surface area (Å²) in [6.45, 7) is 6.56. The first-order valence-electron chi connectivity index (χ1n) is 34.6. The molecule has 0 bridgehead atoms. The monoisotopic (exact) mass is 1110 g/mol. The fourth-order valence-electron chi connectivity index (χ4n) is 9.97. The molecule has 0 rings (SSSR count). The van der Waals surface area contributed by atoms with Gasteiger partial charge in [0.25, 0.3) is 0 Å². The van der Waals surface area contributed by atoms with Crippen LogP contribution in [0, 0.1) is 0 Å². The first-order chi connectivity index (χ1) is 39.5. The minimum atomic E-state index is -0.782. The Bertz CT molecular complexity index is 1520. The van der Waals surface area contributed by atoms with Gasteiger partial charge in [0, 0.05) is 19.3 Å². The highest BCUT2D eigenvalue weighted by atomic mass is 16.6. The second-order valence-electron chi connectivity index (χ2n) is 23.1. The molecule has 0 saturated heterocycles. The van der Waals surface area contributed by atoms with Gasteiger partial charge >= 0.3 is 17.9 Å². The predicted octanol–water partition coefficient (Wildman–Crippen LogP) is 23.8. The fourth-order valence-corrected chi connectivity index (χ4v) is 9.97. The van der Waals surface area contributed by atoms with Crippen molar-refractivity contribution in [2.45, 2.75) is 354 Å². The van der Waals surface area contributed by atoms with E-state index in [1.54, 1.807) is 0 Å². The average Bonchev–Trinajstić information content (AvgIpc) is 3.46. The van der Waals surface area contributed by atoms with Crippen molar-refractivity contribution in [3.05, 3.63) is 85.1 Å². The lowest BCUT2D eigenvalue weighted by Gasteiger charge is -2.18. The lowest BCUT2D eigenvalue weighted by atomic mass is 10.0. The molecule has 0 heterocycles. The van der Waals surface area contributed by atoms with Crippen molar-refractivity contribution < 1.29 is 28.6 Å². The van der Waals surface area contributed by atoms with Crippen molar-refractivity contribution in [3.63, 3.8) is 0 Å². The summed E-state index contributed by atoms with van der Waals surface area (Å²) in [5.74, 6) is -0.870. The van der Waals surface area contributed by atoms with Gasteiger partial charge in [-0.15, -0.1) is 0 Å². The molecular formula is C74H130O6. The number of allylic oxidation sites excluding steroid dienone is 14. The topological polar surface area (TPSA) is 78.9 Å². The minimum Gasteiger partial charge on any atom is -0.462 e. The Morgan fingerprint density at radius 1 is 0.263 bits per heavy atom. The van der Waals surface area contributed by atoms with Gasteiger partial charge in [0.2, 0.25) is 0 Å². The summed E-state index contributed by atoms with van der Waals surface area (Å²) in [7, 11) is 0. The van der Waals surface area contributed by atoms with E-state index >= 15 is 0 Å². The van der Waals surface area contributed by atoms with Crippen molar-refractivity contribution in [3.8, 4) is 0 Å². The standard InChI is InChI=1S/C74H130O6/c1-4-7-10-13-16-19-22-25-28-31-33-34-35-36-37-38-39-40-41-44-46-49-52-55-58-61-64-67-73(76)79-70-71(69-78-72(75)66-63-60-57-54-51-48-45-42-30-27-24-21-18-15-12-9-6-3)80-74(77)68-65-62-59-56-53-50-47-43-32-29-26-23-20-17-14-11-8-5-2/h7,10,16,19,25,27-28,30,33-34,36-37,39-40,71H,4-6,8-9,11-15,17-18,20-24,26,29,31-32,35,38,41-70H2,1-3H3/b10-7-,19-16-,28-25-,30-27-,34-33-,37-36-,40-39-. The number of esters is 3. The zero-order valence-corrected chi connectivity index (χ0v) is 53.1. The van der Waals surface area contributed by atoms with E-state index in [9.17, 15) is 14.4 Å². The summed E-state index contributed by atoms with van der Waals surface area (Å²) in [4.78, 5) is 38.4. The molecule has 0 spiro atoms. The molecule has 6 nitrogen and oxygen atoms in total. The van der Waals surface area contributed by atoms with Crippen molar-refractivity contribution in [1.82, 2.24) is 0 Å². The Hall–Kier alpha value is -3.41. The van der Waals surface area contributed by atoms with Gasteiger partial charge in [0.15, 0.2) is 6.10 Å². The summed E-state index contributed by atoms with van der Waals surface area (Å²) < 4.78 is 17.0. The molecule has 6 heteroatoms. The Labute approximate surface area is 496 Å². The molecule has 0 aromatic carbocycles. The predicted molar refractivity (Wildman–Crippen MR) is 348 cm³/mol. The van der Waals surface area contributed by atoms with Crippen LogP contribution in [0.3, 0.4) is 0 Å². The quantitative estimate of drug-likeness (QED) is 0.0261. The maximum Gasteiger partial charge on any atom is 0.306 e. The molecule has 0 fully saturated rings. The number of ether oxygens (including phenoxy) is 3. The number of carbonyl (C=O) groups excluding carboxylic acids is 3. The molecule has 0 aromatic heterocycles. The van der Waals surface area contributed by atoms with Gasteiger partial charge in [-0.1, -0.05) is 318 Å². The minimum absolute atomic E-state index is 0.0776. The Morgan fingerprint density at radius 2 is 0.487 bits per heavy atom. The largest absolute Gasteiger partial charge is 0.462 e. The highest BCUT2D eigenvalue weighted by Gasteiger charge is 2.19. The van der Waals surface area contributed by atoms with Gasteiger partial charge in [-0.3, -0.25) is 14.4 Å². The van der Waals surface area contributed by atoms with E-state index in [0.717, 1.165) is 103 Å². The first kappa shape index (κ1) is 76.6. The molecule has 462 valence electrons. The molecule has 0 aliphatic heterocycles. The zero-order chi connectivity index (χ0) is 57.8. The summed E-state index contributed by atoms with van der Waals surface area (Å²) in [6.07, 6.45) is 90.2. The third-order valence-corrected chi connectivity index (χ3v) is 15.1. The SMILES string of the molecule is CC/C=C\C/C=C\C/C=C\C/C=C\C/C=C\C/C=C\CCCCCCCCCCC(=O)OCC(COC(=O)CCCCCCCCC/C=C\CCCCCCCC)OC(=O)CCCCCCCCCCCCCCCCCCCC. The molecule has 0 radical (unpaired) electrons. The van der Waals surface area contributed by atoms with Gasteiger partial charge in [0.1, 0.15) is 13.2 Å². The van der Waals surface area contributed by atoms with Crippen LogP contribution in [-0.4, -0.2) is 37.2 Å². The van der Waals surface area contributed by atoms with E-state index in [0.29, 0.717) is 19.3 Å². The number of carbonyl (C=O) groups is 3. The van der Waals surface area contributed by atoms with Crippen LogP contribution >= 0.6 is 0 Å². The maximum atomic E-state index is 12.9. The van der Waals surface area contributed by atoms with Gasteiger partial charge < -0.3 is 14.2 Å². The fraction of sp³-hybridized carbons (Fsp3) is 0.770. The molecule has 1 atom stereocenters. The first-order valence-corrected chi connectivity index (χ1v) is 34.6. The normalized spacial score (nSPS) is 12.6. The van der Waals surface area contributed by atoms with E-state index in [2.05, 4.69) is 106 Å². The van der Waals surface area contributed by atoms with E-state index in [4.69, 9.17) is 14.2 Å². The van der Waals surface area contributed by atoms with Crippen molar-refractivity contribution in [2.75, 3.05) is 13.2 Å². The molecule has 0 N–H and O–H groups in total. The van der Waals surface area contributed by atoms with Crippen LogP contribution in [0.1, 0.15) is 348 Å². The van der Waals surface area contributed by atoms with Crippen LogP contribution in [0.2, 0.25) is 0 Å². The van der Waals surface area contributed by atoms with Crippen LogP contribution in [0.4, 0.5) is 0 Å². The smallest absolute Gasteiger partial charge is 0.306 e. The lowest BCUT2D eigenvalue weighted by molar-refractivity contribution is -0.167. The van der Waals surface area contributed by atoms with E-state index < -0.39 is 6.10 Å². The molecule has 0 amide bonds. The highest BCUT2D eigenvalue weighted by Crippen LogP contribution is 2.17. The van der Waals surface area contributed by atoms with Gasteiger partial charge in [-0.25, -0.2) is 0 Å². The van der Waals surface area contributed by atoms with Gasteiger partial charge in [-0.05, 0) is 96.3 Å². The number of rotatable bonds is 63. The summed E-state index contributed by atoms with van der Waals surface area (Å²) in [6, 6.07) is 0. The summed E-state index contributed by atoms with van der Waals surface area (Å²) in [5.41, 5.74) is 0. The molecule has 0 aliphatic rings. The molecular weight excluding hydrogens is 985 g/mol. The lowest BCUT2D eigenvalue weighted by Crippen LogP contribution is -2.30. The molecule has 80 heavy (non-hydrogen) atoms. The zero-order valence-electron chi connectivity index (χ0n) is 53.1. The van der Waals surface area contributed by atoms with E-state index in [1.165, 1.54) is 205 Å². The highest BCUT2D eigenvalue weighted by molar-refractivity contribution is 5.71. The number of hydrogen-bond acceptors (Lipinski definition) is 6. The Kier molecular flexibility index (Phi) is 65.2. The van der Waals surface area contributed by atoms with E-state index in [-0.39, 0.29) is 31.1 Å². The Morgan fingerprint density at radius 3 is 0.775 bits per heavy atom. The number of unbranched alkanes of at least 4 members (excludes halogenated alkanes) is 38. The Balaban J connectivity index is 4.35. The molecule has 0 aromatic rings. The van der Waals surface area contributed by atoms with E-state index in [1.807, 2.05) is 0 Å². The number of hydrogen-bond donors (Lipinski definition) is 0. The van der Waals surface area contributed by atoms with Crippen molar-refractivity contribution in [1.29, 1.82) is 0 Å². The van der Waals surface area contributed by atoms with Crippen LogP contribution in [0.15, 0.2) is 85.1 Å². The molecule has 0 aliphatic carbocycles. The molecule has 0 saturated carbocycles. The van der Waals surface area contributed by atoms with Crippen LogP contribution < -0.4 is 0 Å². The van der Waals surface area contributed by atoms with Crippen molar-refractivity contribution >= 4 is 17.9 Å². The maximum absolute atomic E-state index is 12.9. The average molecular weight is 1120 g/mol. The summed E-state index contributed by atoms with van der Waals surface area (Å²) >= 11 is 0. The second kappa shape index (κ2) is 68.1. The van der Waals surface area contributed by atoms with Crippen LogP contribution in [0.25, 0.3) is 0 Å². The summed E-state index contributed by atoms with van der Waals surface area (Å²) in [5, 5.41) is 0.